The lowest BCUT2D eigenvalue weighted by atomic mass is 9.68. The first-order valence-electron chi connectivity index (χ1n) is 18.6. The van der Waals surface area contributed by atoms with Gasteiger partial charge in [0, 0.05) is 34.2 Å². The summed E-state index contributed by atoms with van der Waals surface area (Å²) in [5.74, 6) is 0.982. The van der Waals surface area contributed by atoms with Crippen molar-refractivity contribution < 1.29 is 0 Å². The van der Waals surface area contributed by atoms with Gasteiger partial charge in [-0.1, -0.05) is 140 Å². The Morgan fingerprint density at radius 3 is 2.42 bits per heavy atom. The molecule has 4 nitrogen and oxygen atoms in total. The number of benzene rings is 5. The summed E-state index contributed by atoms with van der Waals surface area (Å²) in [6, 6.07) is 41.1. The molecule has 9 rings (SSSR count). The maximum Gasteiger partial charge on any atom is 0.110 e. The molecule has 2 heterocycles. The maximum absolute atomic E-state index is 6.52. The third-order valence-corrected chi connectivity index (χ3v) is 11.2. The van der Waals surface area contributed by atoms with E-state index in [9.17, 15) is 0 Å². The number of aliphatic imine (C=N–C) groups is 1. The van der Waals surface area contributed by atoms with Crippen molar-refractivity contribution in [1.29, 1.82) is 0 Å². The number of rotatable bonds is 6. The molecule has 0 spiro atoms. The molecule has 3 atom stereocenters. The minimum atomic E-state index is -0.216. The van der Waals surface area contributed by atoms with Gasteiger partial charge in [0.05, 0.1) is 17.3 Å². The van der Waals surface area contributed by atoms with Gasteiger partial charge in [0.25, 0.3) is 0 Å². The molecule has 0 bridgehead atoms. The summed E-state index contributed by atoms with van der Waals surface area (Å²) < 4.78 is 0. The number of hydrogen-bond donors (Lipinski definition) is 2. The summed E-state index contributed by atoms with van der Waals surface area (Å²) in [5.41, 5.74) is 16.4. The van der Waals surface area contributed by atoms with Gasteiger partial charge in [-0.15, -0.1) is 0 Å². The van der Waals surface area contributed by atoms with E-state index in [1.807, 2.05) is 12.3 Å². The molecule has 258 valence electrons. The number of nitrogens with one attached hydrogen (secondary N) is 1. The molecule has 6 aromatic rings. The van der Waals surface area contributed by atoms with Gasteiger partial charge in [0.15, 0.2) is 0 Å². The molecular weight excluding hydrogens is 645 g/mol. The molecule has 1 aliphatic heterocycles. The number of allylic oxidation sites excluding steroid dienone is 8. The van der Waals surface area contributed by atoms with Crippen molar-refractivity contribution in [2.75, 3.05) is 0 Å². The summed E-state index contributed by atoms with van der Waals surface area (Å²) >= 11 is 0. The van der Waals surface area contributed by atoms with Crippen molar-refractivity contribution in [3.63, 3.8) is 0 Å². The normalized spacial score (nSPS) is 21.8. The van der Waals surface area contributed by atoms with Gasteiger partial charge in [0.1, 0.15) is 5.84 Å². The van der Waals surface area contributed by atoms with Crippen LogP contribution in [0.3, 0.4) is 0 Å². The van der Waals surface area contributed by atoms with Gasteiger partial charge >= 0.3 is 0 Å². The van der Waals surface area contributed by atoms with E-state index in [1.165, 1.54) is 49.4 Å². The fourth-order valence-electron chi connectivity index (χ4n) is 8.37. The summed E-state index contributed by atoms with van der Waals surface area (Å²) in [4.78, 5) is 10.1. The summed E-state index contributed by atoms with van der Waals surface area (Å²) in [5, 5.41) is 10.00. The van der Waals surface area contributed by atoms with Crippen molar-refractivity contribution in [3.8, 4) is 0 Å². The van der Waals surface area contributed by atoms with Crippen LogP contribution in [0.25, 0.3) is 43.7 Å². The fraction of sp³-hybridized carbons (Fsp3) is 0.143. The second-order valence-electron chi connectivity index (χ2n) is 14.7. The maximum atomic E-state index is 6.52. The molecule has 3 aliphatic rings. The topological polar surface area (TPSA) is 63.3 Å². The predicted molar refractivity (Wildman–Crippen MR) is 223 cm³/mol. The van der Waals surface area contributed by atoms with E-state index in [2.05, 4.69) is 176 Å². The number of fused-ring (bicyclic) bond motifs is 3. The first-order valence-corrected chi connectivity index (χ1v) is 18.6. The van der Waals surface area contributed by atoms with Crippen LogP contribution in [0.2, 0.25) is 0 Å². The minimum absolute atomic E-state index is 0.00407. The molecule has 3 unspecified atom stereocenters. The quantitative estimate of drug-likeness (QED) is 0.183. The second-order valence-corrected chi connectivity index (χ2v) is 14.7. The molecule has 0 amide bonds. The monoisotopic (exact) mass is 686 g/mol. The molecular formula is C49H42N4. The average molecular weight is 687 g/mol. The van der Waals surface area contributed by atoms with E-state index < -0.39 is 0 Å². The van der Waals surface area contributed by atoms with Gasteiger partial charge in [-0.25, -0.2) is 4.99 Å². The number of pyridine rings is 1. The van der Waals surface area contributed by atoms with E-state index in [-0.39, 0.29) is 17.4 Å². The van der Waals surface area contributed by atoms with Crippen LogP contribution < -0.4 is 11.1 Å². The lowest BCUT2D eigenvalue weighted by molar-refractivity contribution is 0.473. The number of amidine groups is 1. The van der Waals surface area contributed by atoms with Crippen LogP contribution in [-0.2, 0) is 0 Å². The second kappa shape index (κ2) is 13.4. The van der Waals surface area contributed by atoms with Crippen LogP contribution >= 0.6 is 0 Å². The zero-order valence-corrected chi connectivity index (χ0v) is 30.1. The molecule has 0 saturated carbocycles. The highest BCUT2D eigenvalue weighted by atomic mass is 15.1. The number of aromatic nitrogens is 1. The number of nitrogens with zero attached hydrogens (tertiary/aromatic N) is 2. The molecule has 1 aromatic heterocycles. The first-order chi connectivity index (χ1) is 26.0. The van der Waals surface area contributed by atoms with Gasteiger partial charge in [-0.3, -0.25) is 4.98 Å². The molecule has 53 heavy (non-hydrogen) atoms. The molecule has 0 radical (unpaired) electrons. The van der Waals surface area contributed by atoms with Gasteiger partial charge in [0.2, 0.25) is 0 Å². The Kier molecular flexibility index (Phi) is 8.23. The Morgan fingerprint density at radius 2 is 1.57 bits per heavy atom. The molecule has 2 aliphatic carbocycles. The summed E-state index contributed by atoms with van der Waals surface area (Å²) in [6.07, 6.45) is 19.3. The van der Waals surface area contributed by atoms with Gasteiger partial charge < -0.3 is 11.1 Å². The standard InChI is InChI=1S/C49H42N4/c1-3-11-36-31-49(2,24-23-44(36)50)39-28-37(34-21-22-45-35(26-34)16-10-25-51-45)27-38(29-39)48-52-46(42-19-8-14-32-12-4-6-17-40(32)42)30-47(53-48)43-20-9-15-33-13-5-7-18-41(33)43/h3-28,30,38,46H,29,31,50H2,1-2H3,(H,52,53)/b11-3-. The third kappa shape index (κ3) is 6.10. The number of nitrogens with two attached hydrogens (primary N) is 1. The number of hydrogen-bond acceptors (Lipinski definition) is 4. The Hall–Kier alpha value is -6.26. The zero-order chi connectivity index (χ0) is 35.9. The lowest BCUT2D eigenvalue weighted by Crippen LogP contribution is -2.37. The van der Waals surface area contributed by atoms with Crippen LogP contribution in [0.4, 0.5) is 0 Å². The summed E-state index contributed by atoms with van der Waals surface area (Å²) in [7, 11) is 0. The van der Waals surface area contributed by atoms with E-state index in [0.717, 1.165) is 46.5 Å². The smallest absolute Gasteiger partial charge is 0.110 e. The highest BCUT2D eigenvalue weighted by molar-refractivity contribution is 6.01. The average Bonchev–Trinajstić information content (AvgIpc) is 3.21. The zero-order valence-electron chi connectivity index (χ0n) is 30.1. The van der Waals surface area contributed by atoms with Crippen LogP contribution in [0.5, 0.6) is 0 Å². The van der Waals surface area contributed by atoms with Gasteiger partial charge in [-0.05, 0) is 93.9 Å². The van der Waals surface area contributed by atoms with Crippen molar-refractivity contribution in [2.24, 2.45) is 22.1 Å². The highest BCUT2D eigenvalue weighted by Crippen LogP contribution is 2.47. The minimum Gasteiger partial charge on any atom is -0.399 e. The SMILES string of the molecule is C/C=C\C1=C(N)C=CC(C)(C2=CC(c3ccc4ncccc4c3)=CC(C3=NC(c4cccc5ccccc45)=CC(c4cccc5ccccc45)N3)C2)C1. The largest absolute Gasteiger partial charge is 0.399 e. The van der Waals surface area contributed by atoms with Crippen LogP contribution in [-0.4, -0.2) is 10.8 Å². The third-order valence-electron chi connectivity index (χ3n) is 11.2. The Morgan fingerprint density at radius 1 is 0.811 bits per heavy atom. The Balaban J connectivity index is 1.20. The predicted octanol–water partition coefficient (Wildman–Crippen LogP) is 11.4. The summed E-state index contributed by atoms with van der Waals surface area (Å²) in [6.45, 7) is 4.41. The van der Waals surface area contributed by atoms with E-state index >= 15 is 0 Å². The van der Waals surface area contributed by atoms with Crippen molar-refractivity contribution in [3.05, 3.63) is 198 Å². The van der Waals surface area contributed by atoms with Crippen molar-refractivity contribution in [1.82, 2.24) is 10.3 Å². The first kappa shape index (κ1) is 32.6. The molecule has 5 aromatic carbocycles. The fourth-order valence-corrected chi connectivity index (χ4v) is 8.37. The van der Waals surface area contributed by atoms with Crippen LogP contribution in [0.1, 0.15) is 49.4 Å². The lowest BCUT2D eigenvalue weighted by Gasteiger charge is -2.38. The molecule has 0 fully saturated rings. The molecule has 4 heteroatoms. The molecule has 3 N–H and O–H groups in total. The highest BCUT2D eigenvalue weighted by Gasteiger charge is 2.35. The molecule has 0 saturated heterocycles. The van der Waals surface area contributed by atoms with E-state index in [4.69, 9.17) is 10.7 Å². The van der Waals surface area contributed by atoms with Crippen molar-refractivity contribution >= 4 is 49.6 Å². The van der Waals surface area contributed by atoms with Crippen LogP contribution in [0, 0.1) is 11.3 Å². The van der Waals surface area contributed by atoms with E-state index in [0.29, 0.717) is 0 Å². The van der Waals surface area contributed by atoms with E-state index in [1.54, 1.807) is 0 Å². The van der Waals surface area contributed by atoms with Gasteiger partial charge in [-0.2, -0.15) is 0 Å². The van der Waals surface area contributed by atoms with Crippen molar-refractivity contribution in [2.45, 2.75) is 32.7 Å². The Bertz CT molecular complexity index is 2640. The van der Waals surface area contributed by atoms with Crippen LogP contribution in [0.15, 0.2) is 186 Å². The Labute approximate surface area is 311 Å².